The van der Waals surface area contributed by atoms with E-state index in [9.17, 15) is 0 Å². The number of aliphatic hydroxyl groups excluding tert-OH is 1. The minimum Gasteiger partial charge on any atom is -0.390 e. The summed E-state index contributed by atoms with van der Waals surface area (Å²) >= 11 is 0. The van der Waals surface area contributed by atoms with E-state index in [4.69, 9.17) is 9.84 Å². The van der Waals surface area contributed by atoms with E-state index in [1.807, 2.05) is 20.8 Å². The van der Waals surface area contributed by atoms with E-state index in [2.05, 4.69) is 10.3 Å². The Morgan fingerprint density at radius 3 is 2.71 bits per heavy atom. The SMILES string of the molecule is CC(C)(C)OCCn1cc(CO)nn1. The van der Waals surface area contributed by atoms with Crippen molar-refractivity contribution in [2.75, 3.05) is 6.61 Å². The highest BCUT2D eigenvalue weighted by Gasteiger charge is 2.09. The van der Waals surface area contributed by atoms with Gasteiger partial charge in [0.1, 0.15) is 5.69 Å². The van der Waals surface area contributed by atoms with Crippen LogP contribution in [0, 0.1) is 0 Å². The fraction of sp³-hybridized carbons (Fsp3) is 0.778. The third-order valence-electron chi connectivity index (χ3n) is 1.60. The Morgan fingerprint density at radius 1 is 1.50 bits per heavy atom. The number of hydrogen-bond donors (Lipinski definition) is 1. The maximum absolute atomic E-state index is 8.76. The van der Waals surface area contributed by atoms with Gasteiger partial charge in [0.05, 0.1) is 31.6 Å². The summed E-state index contributed by atoms with van der Waals surface area (Å²) in [5.74, 6) is 0. The molecule has 0 bridgehead atoms. The largest absolute Gasteiger partial charge is 0.390 e. The molecule has 1 aromatic rings. The standard InChI is InChI=1S/C9H17N3O2/c1-9(2,3)14-5-4-12-6-8(7-13)10-11-12/h6,13H,4-5,7H2,1-3H3. The maximum Gasteiger partial charge on any atom is 0.108 e. The second-order valence-electron chi connectivity index (χ2n) is 4.09. The highest BCUT2D eigenvalue weighted by atomic mass is 16.5. The van der Waals surface area contributed by atoms with Crippen LogP contribution in [-0.4, -0.2) is 32.3 Å². The normalized spacial score (nSPS) is 12.0. The molecule has 0 aliphatic heterocycles. The van der Waals surface area contributed by atoms with E-state index >= 15 is 0 Å². The van der Waals surface area contributed by atoms with Gasteiger partial charge in [0.25, 0.3) is 0 Å². The Hall–Kier alpha value is -0.940. The molecule has 0 saturated carbocycles. The first-order valence-corrected chi connectivity index (χ1v) is 4.65. The summed E-state index contributed by atoms with van der Waals surface area (Å²) in [5, 5.41) is 16.3. The topological polar surface area (TPSA) is 60.2 Å². The lowest BCUT2D eigenvalue weighted by Gasteiger charge is -2.19. The summed E-state index contributed by atoms with van der Waals surface area (Å²) in [6.45, 7) is 7.20. The highest BCUT2D eigenvalue weighted by molar-refractivity contribution is 4.88. The molecule has 1 N–H and O–H groups in total. The van der Waals surface area contributed by atoms with E-state index in [0.29, 0.717) is 18.8 Å². The van der Waals surface area contributed by atoms with Crippen molar-refractivity contribution in [1.82, 2.24) is 15.0 Å². The molecule has 0 fully saturated rings. The highest BCUT2D eigenvalue weighted by Crippen LogP contribution is 2.06. The van der Waals surface area contributed by atoms with E-state index < -0.39 is 0 Å². The predicted molar refractivity (Wildman–Crippen MR) is 51.6 cm³/mol. The fourth-order valence-electron chi connectivity index (χ4n) is 0.966. The molecular formula is C9H17N3O2. The summed E-state index contributed by atoms with van der Waals surface area (Å²) in [6.07, 6.45) is 1.71. The van der Waals surface area contributed by atoms with Gasteiger partial charge in [-0.15, -0.1) is 5.10 Å². The molecule has 80 valence electrons. The van der Waals surface area contributed by atoms with Gasteiger partial charge in [-0.2, -0.15) is 0 Å². The quantitative estimate of drug-likeness (QED) is 0.770. The zero-order valence-electron chi connectivity index (χ0n) is 8.90. The van der Waals surface area contributed by atoms with E-state index in [0.717, 1.165) is 0 Å². The number of ether oxygens (including phenoxy) is 1. The van der Waals surface area contributed by atoms with E-state index in [1.54, 1.807) is 10.9 Å². The van der Waals surface area contributed by atoms with E-state index in [1.165, 1.54) is 0 Å². The molecule has 0 aliphatic rings. The first-order valence-electron chi connectivity index (χ1n) is 4.65. The molecule has 1 aromatic heterocycles. The van der Waals surface area contributed by atoms with Crippen LogP contribution in [0.2, 0.25) is 0 Å². The van der Waals surface area contributed by atoms with Crippen molar-refractivity contribution in [3.63, 3.8) is 0 Å². The van der Waals surface area contributed by atoms with Crippen molar-refractivity contribution >= 4 is 0 Å². The molecule has 0 aliphatic carbocycles. The zero-order valence-corrected chi connectivity index (χ0v) is 8.90. The molecule has 14 heavy (non-hydrogen) atoms. The lowest BCUT2D eigenvalue weighted by Crippen LogP contribution is -2.22. The number of hydrogen-bond acceptors (Lipinski definition) is 4. The summed E-state index contributed by atoms with van der Waals surface area (Å²) in [7, 11) is 0. The van der Waals surface area contributed by atoms with E-state index in [-0.39, 0.29) is 12.2 Å². The monoisotopic (exact) mass is 199 g/mol. The third-order valence-corrected chi connectivity index (χ3v) is 1.60. The molecule has 0 spiro atoms. The molecule has 0 atom stereocenters. The maximum atomic E-state index is 8.76. The molecule has 5 nitrogen and oxygen atoms in total. The number of aromatic nitrogens is 3. The Bertz CT molecular complexity index is 278. The van der Waals surface area contributed by atoms with Gasteiger partial charge in [-0.25, -0.2) is 4.68 Å². The van der Waals surface area contributed by atoms with Gasteiger partial charge in [0.15, 0.2) is 0 Å². The van der Waals surface area contributed by atoms with Gasteiger partial charge >= 0.3 is 0 Å². The lowest BCUT2D eigenvalue weighted by molar-refractivity contribution is -0.00806. The number of rotatable bonds is 4. The molecule has 1 heterocycles. The van der Waals surface area contributed by atoms with Crippen LogP contribution in [0.15, 0.2) is 6.20 Å². The molecular weight excluding hydrogens is 182 g/mol. The molecule has 5 heteroatoms. The predicted octanol–water partition coefficient (Wildman–Crippen LogP) is 0.585. The zero-order chi connectivity index (χ0) is 10.6. The van der Waals surface area contributed by atoms with Crippen LogP contribution in [0.1, 0.15) is 26.5 Å². The minimum absolute atomic E-state index is 0.0693. The first-order chi connectivity index (χ1) is 6.51. The fourth-order valence-corrected chi connectivity index (χ4v) is 0.966. The smallest absolute Gasteiger partial charge is 0.108 e. The van der Waals surface area contributed by atoms with Crippen molar-refractivity contribution < 1.29 is 9.84 Å². The summed E-state index contributed by atoms with van der Waals surface area (Å²) < 4.78 is 7.19. The van der Waals surface area contributed by atoms with Crippen LogP contribution >= 0.6 is 0 Å². The van der Waals surface area contributed by atoms with Crippen molar-refractivity contribution in [1.29, 1.82) is 0 Å². The van der Waals surface area contributed by atoms with Gasteiger partial charge in [-0.05, 0) is 20.8 Å². The average molecular weight is 199 g/mol. The van der Waals surface area contributed by atoms with Gasteiger partial charge in [0, 0.05) is 0 Å². The molecule has 0 radical (unpaired) electrons. The molecule has 1 rings (SSSR count). The molecule has 0 saturated heterocycles. The van der Waals surface area contributed by atoms with Crippen LogP contribution in [-0.2, 0) is 17.9 Å². The molecule has 0 unspecified atom stereocenters. The van der Waals surface area contributed by atoms with Crippen LogP contribution in [0.5, 0.6) is 0 Å². The van der Waals surface area contributed by atoms with Crippen LogP contribution in [0.3, 0.4) is 0 Å². The number of nitrogens with zero attached hydrogens (tertiary/aromatic N) is 3. The first kappa shape index (κ1) is 11.1. The van der Waals surface area contributed by atoms with Crippen LogP contribution in [0.25, 0.3) is 0 Å². The Balaban J connectivity index is 2.31. The minimum atomic E-state index is -0.125. The summed E-state index contributed by atoms with van der Waals surface area (Å²) in [5.41, 5.74) is 0.459. The summed E-state index contributed by atoms with van der Waals surface area (Å²) in [6, 6.07) is 0. The van der Waals surface area contributed by atoms with Gasteiger partial charge in [0.2, 0.25) is 0 Å². The summed E-state index contributed by atoms with van der Waals surface area (Å²) in [4.78, 5) is 0. The Labute approximate surface area is 83.7 Å². The van der Waals surface area contributed by atoms with Gasteiger partial charge in [-0.1, -0.05) is 5.21 Å². The Morgan fingerprint density at radius 2 is 2.21 bits per heavy atom. The second kappa shape index (κ2) is 4.52. The van der Waals surface area contributed by atoms with Crippen LogP contribution < -0.4 is 0 Å². The average Bonchev–Trinajstić information content (AvgIpc) is 2.50. The van der Waals surface area contributed by atoms with Crippen molar-refractivity contribution in [3.8, 4) is 0 Å². The molecule has 0 amide bonds. The van der Waals surface area contributed by atoms with Crippen molar-refractivity contribution in [2.24, 2.45) is 0 Å². The number of aliphatic hydroxyl groups is 1. The van der Waals surface area contributed by atoms with Gasteiger partial charge < -0.3 is 9.84 Å². The van der Waals surface area contributed by atoms with Crippen molar-refractivity contribution in [3.05, 3.63) is 11.9 Å². The molecule has 0 aromatic carbocycles. The lowest BCUT2D eigenvalue weighted by atomic mass is 10.2. The van der Waals surface area contributed by atoms with Crippen LogP contribution in [0.4, 0.5) is 0 Å². The third kappa shape index (κ3) is 3.85. The second-order valence-corrected chi connectivity index (χ2v) is 4.09. The Kier molecular flexibility index (Phi) is 3.60. The van der Waals surface area contributed by atoms with Gasteiger partial charge in [-0.3, -0.25) is 0 Å². The van der Waals surface area contributed by atoms with Crippen molar-refractivity contribution in [2.45, 2.75) is 39.5 Å².